The molecule has 7 heteroatoms. The van der Waals surface area contributed by atoms with Gasteiger partial charge in [-0.3, -0.25) is 24.6 Å². The molecule has 0 unspecified atom stereocenters. The maximum atomic E-state index is 12.8. The minimum Gasteiger partial charge on any atom is -0.497 e. The molecule has 0 atom stereocenters. The molecule has 138 valence electrons. The standard InChI is InChI=1S/C20H18N2O5/c1-4-19(23)21(13-15-5-11-18(27-3)12-6-15)20(24)14(2)16-7-9-17(10-8-16)22(25)26/h4-12H,1-2,13H2,3H3. The summed E-state index contributed by atoms with van der Waals surface area (Å²) < 4.78 is 5.09. The number of amides is 2. The van der Waals surface area contributed by atoms with Crippen molar-refractivity contribution in [2.24, 2.45) is 0 Å². The molecule has 0 spiro atoms. The van der Waals surface area contributed by atoms with Crippen LogP contribution >= 0.6 is 0 Å². The molecular weight excluding hydrogens is 348 g/mol. The first-order valence-electron chi connectivity index (χ1n) is 7.92. The fourth-order valence-electron chi connectivity index (χ4n) is 2.34. The second-order valence-electron chi connectivity index (χ2n) is 5.56. The Labute approximate surface area is 156 Å². The molecule has 0 aliphatic rings. The van der Waals surface area contributed by atoms with Gasteiger partial charge in [-0.05, 0) is 41.5 Å². The molecule has 2 aromatic carbocycles. The fraction of sp³-hybridized carbons (Fsp3) is 0.100. The van der Waals surface area contributed by atoms with E-state index in [4.69, 9.17) is 4.74 Å². The van der Waals surface area contributed by atoms with E-state index in [1.165, 1.54) is 24.3 Å². The van der Waals surface area contributed by atoms with Gasteiger partial charge in [-0.2, -0.15) is 0 Å². The summed E-state index contributed by atoms with van der Waals surface area (Å²) in [7, 11) is 1.54. The lowest BCUT2D eigenvalue weighted by atomic mass is 10.1. The molecule has 0 bridgehead atoms. The van der Waals surface area contributed by atoms with Crippen molar-refractivity contribution >= 4 is 23.1 Å². The van der Waals surface area contributed by atoms with E-state index in [1.807, 2.05) is 0 Å². The second-order valence-corrected chi connectivity index (χ2v) is 5.56. The van der Waals surface area contributed by atoms with Crippen LogP contribution in [0.3, 0.4) is 0 Å². The molecule has 0 radical (unpaired) electrons. The number of hydrogen-bond donors (Lipinski definition) is 0. The van der Waals surface area contributed by atoms with Crippen LogP contribution < -0.4 is 4.74 Å². The minimum atomic E-state index is -0.607. The maximum absolute atomic E-state index is 12.8. The summed E-state index contributed by atoms with van der Waals surface area (Å²) in [6.07, 6.45) is 1.05. The highest BCUT2D eigenvalue weighted by atomic mass is 16.6. The highest BCUT2D eigenvalue weighted by molar-refractivity contribution is 6.23. The number of benzene rings is 2. The molecular formula is C20H18N2O5. The van der Waals surface area contributed by atoms with E-state index < -0.39 is 16.7 Å². The zero-order valence-corrected chi connectivity index (χ0v) is 14.8. The molecule has 0 saturated carbocycles. The van der Waals surface area contributed by atoms with Gasteiger partial charge in [-0.15, -0.1) is 0 Å². The molecule has 0 N–H and O–H groups in total. The van der Waals surface area contributed by atoms with Gasteiger partial charge >= 0.3 is 0 Å². The summed E-state index contributed by atoms with van der Waals surface area (Å²) in [5.74, 6) is -0.523. The van der Waals surface area contributed by atoms with E-state index in [-0.39, 0.29) is 17.8 Å². The molecule has 0 aromatic heterocycles. The monoisotopic (exact) mass is 366 g/mol. The SMILES string of the molecule is C=CC(=O)N(Cc1ccc(OC)cc1)C(=O)C(=C)c1ccc([N+](=O)[O-])cc1. The van der Waals surface area contributed by atoms with Crippen molar-refractivity contribution in [2.45, 2.75) is 6.54 Å². The molecule has 27 heavy (non-hydrogen) atoms. The van der Waals surface area contributed by atoms with Gasteiger partial charge in [0.2, 0.25) is 0 Å². The Kier molecular flexibility index (Phi) is 6.22. The normalized spacial score (nSPS) is 9.96. The number of nitro benzene ring substituents is 1. The summed E-state index contributed by atoms with van der Waals surface area (Å²) >= 11 is 0. The number of ether oxygens (including phenoxy) is 1. The summed E-state index contributed by atoms with van der Waals surface area (Å²) in [5, 5.41) is 10.7. The predicted octanol–water partition coefficient (Wildman–Crippen LogP) is 3.36. The van der Waals surface area contributed by atoms with E-state index >= 15 is 0 Å². The molecule has 2 rings (SSSR count). The molecule has 0 heterocycles. The van der Waals surface area contributed by atoms with Crippen molar-refractivity contribution in [2.75, 3.05) is 7.11 Å². The Hall–Kier alpha value is -3.74. The quantitative estimate of drug-likeness (QED) is 0.426. The van der Waals surface area contributed by atoms with Crippen LogP contribution in [0.5, 0.6) is 5.75 Å². The highest BCUT2D eigenvalue weighted by Gasteiger charge is 2.23. The smallest absolute Gasteiger partial charge is 0.269 e. The van der Waals surface area contributed by atoms with Crippen LogP contribution in [-0.2, 0) is 16.1 Å². The Morgan fingerprint density at radius 2 is 1.74 bits per heavy atom. The lowest BCUT2D eigenvalue weighted by molar-refractivity contribution is -0.384. The zero-order chi connectivity index (χ0) is 20.0. The van der Waals surface area contributed by atoms with E-state index in [2.05, 4.69) is 13.2 Å². The van der Waals surface area contributed by atoms with Crippen molar-refractivity contribution in [3.63, 3.8) is 0 Å². The number of methoxy groups -OCH3 is 1. The van der Waals surface area contributed by atoms with Crippen molar-refractivity contribution in [1.82, 2.24) is 4.90 Å². The first-order chi connectivity index (χ1) is 12.9. The van der Waals surface area contributed by atoms with Crippen LogP contribution in [0.15, 0.2) is 67.8 Å². The van der Waals surface area contributed by atoms with E-state index in [0.29, 0.717) is 11.3 Å². The Morgan fingerprint density at radius 3 is 2.22 bits per heavy atom. The van der Waals surface area contributed by atoms with Crippen molar-refractivity contribution in [1.29, 1.82) is 0 Å². The second kappa shape index (κ2) is 8.57. The van der Waals surface area contributed by atoms with Gasteiger partial charge in [0.15, 0.2) is 0 Å². The van der Waals surface area contributed by atoms with Crippen LogP contribution in [-0.4, -0.2) is 28.7 Å². The lowest BCUT2D eigenvalue weighted by Crippen LogP contribution is -2.35. The van der Waals surface area contributed by atoms with Crippen molar-refractivity contribution < 1.29 is 19.2 Å². The molecule has 0 aliphatic heterocycles. The summed E-state index contributed by atoms with van der Waals surface area (Å²) in [6.45, 7) is 7.19. The summed E-state index contributed by atoms with van der Waals surface area (Å²) in [6, 6.07) is 12.3. The van der Waals surface area contributed by atoms with Gasteiger partial charge in [-0.25, -0.2) is 0 Å². The number of hydrogen-bond acceptors (Lipinski definition) is 5. The average Bonchev–Trinajstić information content (AvgIpc) is 2.70. The molecule has 0 saturated heterocycles. The van der Waals surface area contributed by atoms with Crippen molar-refractivity contribution in [3.8, 4) is 5.75 Å². The van der Waals surface area contributed by atoms with Crippen LogP contribution in [0.25, 0.3) is 5.57 Å². The lowest BCUT2D eigenvalue weighted by Gasteiger charge is -2.21. The average molecular weight is 366 g/mol. The van der Waals surface area contributed by atoms with E-state index in [1.54, 1.807) is 31.4 Å². The van der Waals surface area contributed by atoms with Gasteiger partial charge in [0.05, 0.1) is 18.6 Å². The van der Waals surface area contributed by atoms with Crippen molar-refractivity contribution in [3.05, 3.63) is 89.0 Å². The summed E-state index contributed by atoms with van der Waals surface area (Å²) in [4.78, 5) is 36.2. The number of non-ortho nitro benzene ring substituents is 1. The fourth-order valence-corrected chi connectivity index (χ4v) is 2.34. The van der Waals surface area contributed by atoms with E-state index in [9.17, 15) is 19.7 Å². The predicted molar refractivity (Wildman–Crippen MR) is 101 cm³/mol. The Morgan fingerprint density at radius 1 is 1.15 bits per heavy atom. The van der Waals surface area contributed by atoms with E-state index in [0.717, 1.165) is 16.5 Å². The number of rotatable bonds is 7. The number of nitrogens with zero attached hydrogens (tertiary/aromatic N) is 2. The third-order valence-corrected chi connectivity index (χ3v) is 3.87. The Balaban J connectivity index is 2.24. The topological polar surface area (TPSA) is 89.8 Å². The molecule has 7 nitrogen and oxygen atoms in total. The molecule has 2 amide bonds. The first-order valence-corrected chi connectivity index (χ1v) is 7.92. The first kappa shape index (κ1) is 19.6. The number of nitro groups is 1. The van der Waals surface area contributed by atoms with Crippen LogP contribution in [0.2, 0.25) is 0 Å². The van der Waals surface area contributed by atoms with Crippen LogP contribution in [0.4, 0.5) is 5.69 Å². The van der Waals surface area contributed by atoms with Crippen LogP contribution in [0.1, 0.15) is 11.1 Å². The largest absolute Gasteiger partial charge is 0.497 e. The minimum absolute atomic E-state index is 0.0275. The summed E-state index contributed by atoms with van der Waals surface area (Å²) in [5.41, 5.74) is 1.06. The van der Waals surface area contributed by atoms with Gasteiger partial charge < -0.3 is 4.74 Å². The number of carbonyl (C=O) groups is 2. The number of carbonyl (C=O) groups excluding carboxylic acids is 2. The third-order valence-electron chi connectivity index (χ3n) is 3.87. The molecule has 2 aromatic rings. The van der Waals surface area contributed by atoms with Gasteiger partial charge in [-0.1, -0.05) is 25.3 Å². The maximum Gasteiger partial charge on any atom is 0.269 e. The zero-order valence-electron chi connectivity index (χ0n) is 14.8. The highest BCUT2D eigenvalue weighted by Crippen LogP contribution is 2.21. The van der Waals surface area contributed by atoms with Gasteiger partial charge in [0, 0.05) is 17.7 Å². The third kappa shape index (κ3) is 4.66. The number of imide groups is 1. The molecule has 0 aliphatic carbocycles. The molecule has 0 fully saturated rings. The Bertz CT molecular complexity index is 886. The van der Waals surface area contributed by atoms with Gasteiger partial charge in [0.1, 0.15) is 5.75 Å². The van der Waals surface area contributed by atoms with Crippen LogP contribution in [0, 0.1) is 10.1 Å². The van der Waals surface area contributed by atoms with Gasteiger partial charge in [0.25, 0.3) is 17.5 Å².